The average molecular weight is 581 g/mol. The van der Waals surface area contributed by atoms with Crippen LogP contribution in [0.25, 0.3) is 0 Å². The Morgan fingerprint density at radius 2 is 1.57 bits per heavy atom. The number of benzene rings is 2. The van der Waals surface area contributed by atoms with E-state index >= 15 is 0 Å². The zero-order valence-corrected chi connectivity index (χ0v) is 26.3. The molecule has 0 aliphatic rings. The minimum absolute atomic E-state index is 0.355. The molecule has 0 heterocycles. The Labute approximate surface area is 250 Å². The van der Waals surface area contributed by atoms with E-state index in [1.54, 1.807) is 26.8 Å². The van der Waals surface area contributed by atoms with Gasteiger partial charge in [0.2, 0.25) is 11.8 Å². The molecule has 230 valence electrons. The van der Waals surface area contributed by atoms with E-state index in [1.807, 2.05) is 63.2 Å². The Kier molecular flexibility index (Phi) is 12.6. The van der Waals surface area contributed by atoms with Gasteiger partial charge in [-0.15, -0.1) is 0 Å². The van der Waals surface area contributed by atoms with Crippen LogP contribution in [0.3, 0.4) is 0 Å². The van der Waals surface area contributed by atoms with E-state index in [-0.39, 0.29) is 0 Å². The average Bonchev–Trinajstić information content (AvgIpc) is 2.89. The molecule has 9 heteroatoms. The normalized spacial score (nSPS) is 13.5. The lowest BCUT2D eigenvalue weighted by Gasteiger charge is -2.38. The number of primary amides is 1. The van der Waals surface area contributed by atoms with Gasteiger partial charge in [-0.05, 0) is 82.6 Å². The number of rotatable bonds is 13. The summed E-state index contributed by atoms with van der Waals surface area (Å²) in [6.45, 7) is 15.1. The van der Waals surface area contributed by atoms with Crippen molar-refractivity contribution in [3.05, 3.63) is 65.2 Å². The third kappa shape index (κ3) is 10.5. The highest BCUT2D eigenvalue weighted by Crippen LogP contribution is 2.30. The van der Waals surface area contributed by atoms with Gasteiger partial charge in [-0.2, -0.15) is 0 Å². The minimum atomic E-state index is -1.33. The first-order valence-electron chi connectivity index (χ1n) is 14.7. The maximum Gasteiger partial charge on any atom is 0.408 e. The second kappa shape index (κ2) is 15.4. The van der Waals surface area contributed by atoms with E-state index in [4.69, 9.17) is 10.5 Å². The molecule has 0 bridgehead atoms. The van der Waals surface area contributed by atoms with Crippen molar-refractivity contribution in [1.29, 1.82) is 0 Å². The Bertz CT molecular complexity index is 1220. The van der Waals surface area contributed by atoms with Crippen LogP contribution in [-0.4, -0.2) is 46.4 Å². The molecule has 4 amide bonds. The fourth-order valence-electron chi connectivity index (χ4n) is 4.63. The van der Waals surface area contributed by atoms with E-state index in [0.29, 0.717) is 23.6 Å². The zero-order chi connectivity index (χ0) is 31.6. The number of nitrogens with two attached hydrogens (primary N) is 1. The van der Waals surface area contributed by atoms with Crippen LogP contribution in [0, 0.1) is 12.8 Å². The second-order valence-corrected chi connectivity index (χ2v) is 12.2. The van der Waals surface area contributed by atoms with Crippen LogP contribution in [0.15, 0.2) is 48.5 Å². The number of alkyl carbamates (subject to hydrolysis) is 1. The predicted octanol–water partition coefficient (Wildman–Crippen LogP) is 5.66. The molecule has 4 N–H and O–H groups in total. The summed E-state index contributed by atoms with van der Waals surface area (Å²) in [4.78, 5) is 54.9. The fourth-order valence-corrected chi connectivity index (χ4v) is 4.63. The molecule has 2 rings (SSSR count). The molecule has 2 aromatic carbocycles. The largest absolute Gasteiger partial charge is 0.444 e. The molecule has 42 heavy (non-hydrogen) atoms. The molecule has 0 spiro atoms. The number of nitrogens with one attached hydrogen (secondary N) is 2. The number of carbonyl (C=O) groups is 4. The number of nitrogens with zero attached hydrogens (tertiary/aromatic N) is 1. The Morgan fingerprint density at radius 3 is 2.10 bits per heavy atom. The molecule has 0 radical (unpaired) electrons. The number of hydrogen-bond acceptors (Lipinski definition) is 5. The smallest absolute Gasteiger partial charge is 0.408 e. The highest BCUT2D eigenvalue weighted by atomic mass is 16.6. The first-order chi connectivity index (χ1) is 19.6. The minimum Gasteiger partial charge on any atom is -0.444 e. The fraction of sp³-hybridized carbons (Fsp3) is 0.515. The molecule has 0 aliphatic heterocycles. The van der Waals surface area contributed by atoms with Crippen molar-refractivity contribution in [2.75, 3.05) is 5.32 Å². The highest BCUT2D eigenvalue weighted by molar-refractivity contribution is 6.00. The van der Waals surface area contributed by atoms with Gasteiger partial charge in [-0.3, -0.25) is 14.4 Å². The van der Waals surface area contributed by atoms with Crippen LogP contribution >= 0.6 is 0 Å². The van der Waals surface area contributed by atoms with Crippen LogP contribution in [0.1, 0.15) is 90.5 Å². The molecule has 0 fully saturated rings. The lowest BCUT2D eigenvalue weighted by Crippen LogP contribution is -2.55. The highest BCUT2D eigenvalue weighted by Gasteiger charge is 2.39. The van der Waals surface area contributed by atoms with Gasteiger partial charge < -0.3 is 26.0 Å². The molecule has 0 aromatic heterocycles. The van der Waals surface area contributed by atoms with Crippen molar-refractivity contribution < 1.29 is 23.9 Å². The van der Waals surface area contributed by atoms with Gasteiger partial charge in [0.05, 0.1) is 6.42 Å². The molecule has 9 nitrogen and oxygen atoms in total. The number of para-hydroxylation sites is 1. The topological polar surface area (TPSA) is 131 Å². The predicted molar refractivity (Wildman–Crippen MR) is 166 cm³/mol. The summed E-state index contributed by atoms with van der Waals surface area (Å²) in [5.41, 5.74) is 7.89. The van der Waals surface area contributed by atoms with Crippen LogP contribution in [0.4, 0.5) is 10.5 Å². The third-order valence-corrected chi connectivity index (χ3v) is 6.92. The Balaban J connectivity index is 2.66. The van der Waals surface area contributed by atoms with Crippen LogP contribution in [0.5, 0.6) is 0 Å². The summed E-state index contributed by atoms with van der Waals surface area (Å²) in [6.07, 6.45) is 0.900. The van der Waals surface area contributed by atoms with Crippen LogP contribution < -0.4 is 16.4 Å². The van der Waals surface area contributed by atoms with Gasteiger partial charge in [-0.25, -0.2) is 4.79 Å². The Morgan fingerprint density at radius 1 is 0.952 bits per heavy atom. The van der Waals surface area contributed by atoms with E-state index in [0.717, 1.165) is 24.0 Å². The zero-order valence-electron chi connectivity index (χ0n) is 26.3. The number of hydrogen-bond donors (Lipinski definition) is 3. The van der Waals surface area contributed by atoms with Gasteiger partial charge in [0.25, 0.3) is 5.91 Å². The van der Waals surface area contributed by atoms with Gasteiger partial charge in [0, 0.05) is 11.7 Å². The van der Waals surface area contributed by atoms with Gasteiger partial charge in [0.1, 0.15) is 17.7 Å². The SMILES string of the molecule is CCc1ccc(C(C(=O)Nc2ccccc2C)N(C(=O)C(CC(N)=O)NC(=O)OC(C)(C)C)C(C)CCC(C)C)cc1. The summed E-state index contributed by atoms with van der Waals surface area (Å²) < 4.78 is 5.38. The van der Waals surface area contributed by atoms with Crippen molar-refractivity contribution in [2.45, 2.75) is 105 Å². The number of anilines is 1. The number of ether oxygens (including phenoxy) is 1. The monoisotopic (exact) mass is 580 g/mol. The van der Waals surface area contributed by atoms with E-state index < -0.39 is 54.0 Å². The second-order valence-electron chi connectivity index (χ2n) is 12.2. The molecular weight excluding hydrogens is 532 g/mol. The first-order valence-corrected chi connectivity index (χ1v) is 14.7. The van der Waals surface area contributed by atoms with Crippen molar-refractivity contribution in [1.82, 2.24) is 10.2 Å². The Hall–Kier alpha value is -3.88. The molecule has 0 saturated heterocycles. The lowest BCUT2D eigenvalue weighted by molar-refractivity contribution is -0.144. The summed E-state index contributed by atoms with van der Waals surface area (Å²) in [6, 6.07) is 12.2. The van der Waals surface area contributed by atoms with Gasteiger partial charge >= 0.3 is 6.09 Å². The van der Waals surface area contributed by atoms with Crippen molar-refractivity contribution in [2.24, 2.45) is 11.7 Å². The van der Waals surface area contributed by atoms with Crippen LogP contribution in [0.2, 0.25) is 0 Å². The molecule has 3 unspecified atom stereocenters. The van der Waals surface area contributed by atoms with Crippen LogP contribution in [-0.2, 0) is 25.5 Å². The summed E-state index contributed by atoms with van der Waals surface area (Å²) in [5.74, 6) is -1.42. The molecule has 2 aromatic rings. The van der Waals surface area contributed by atoms with Crippen molar-refractivity contribution in [3.8, 4) is 0 Å². The van der Waals surface area contributed by atoms with Crippen molar-refractivity contribution >= 4 is 29.5 Å². The lowest BCUT2D eigenvalue weighted by atomic mass is 9.95. The quantitative estimate of drug-likeness (QED) is 0.281. The van der Waals surface area contributed by atoms with E-state index in [2.05, 4.69) is 24.5 Å². The van der Waals surface area contributed by atoms with Gasteiger partial charge in [-0.1, -0.05) is 63.2 Å². The number of amides is 4. The van der Waals surface area contributed by atoms with E-state index in [9.17, 15) is 19.2 Å². The molecule has 0 saturated carbocycles. The number of aryl methyl sites for hydroxylation is 2. The molecule has 3 atom stereocenters. The summed E-state index contributed by atoms with van der Waals surface area (Å²) >= 11 is 0. The first kappa shape index (κ1) is 34.3. The molecule has 0 aliphatic carbocycles. The standard InChI is InChI=1S/C33H48N4O5/c1-9-24-16-18-25(19-17-24)29(30(39)35-26-13-11-10-12-22(26)4)37(23(5)15-14-21(2)3)31(40)27(20-28(34)38)36-32(41)42-33(6,7)8/h10-13,16-19,21,23,27,29H,9,14-15,20H2,1-8H3,(H2,34,38)(H,35,39)(H,36,41). The maximum atomic E-state index is 14.4. The maximum absolute atomic E-state index is 14.4. The summed E-state index contributed by atoms with van der Waals surface area (Å²) in [5, 5.41) is 5.55. The summed E-state index contributed by atoms with van der Waals surface area (Å²) in [7, 11) is 0. The third-order valence-electron chi connectivity index (χ3n) is 6.92. The van der Waals surface area contributed by atoms with Gasteiger partial charge in [0.15, 0.2) is 0 Å². The number of carbonyl (C=O) groups excluding carboxylic acids is 4. The van der Waals surface area contributed by atoms with E-state index in [1.165, 1.54) is 4.90 Å². The molecular formula is C33H48N4O5. The van der Waals surface area contributed by atoms with Crippen molar-refractivity contribution in [3.63, 3.8) is 0 Å².